The van der Waals surface area contributed by atoms with Crippen molar-refractivity contribution < 1.29 is 4.79 Å². The van der Waals surface area contributed by atoms with E-state index in [1.54, 1.807) is 11.8 Å². The lowest BCUT2D eigenvalue weighted by Gasteiger charge is -2.27. The van der Waals surface area contributed by atoms with Gasteiger partial charge in [-0.2, -0.15) is 0 Å². The standard InChI is InChI=1S/C19H22N2OS/c22-19(21-16-6-7-17(21)12-20-10-9-16)13-23-18-8-5-14-3-1-2-4-15(14)11-18/h1-5,8,11,16-17,20H,6-7,9-10,12-13H2. The fourth-order valence-corrected chi connectivity index (χ4v) is 4.68. The minimum absolute atomic E-state index is 0.305. The Bertz CT molecular complexity index is 703. The van der Waals surface area contributed by atoms with Crippen molar-refractivity contribution in [3.8, 4) is 0 Å². The van der Waals surface area contributed by atoms with Gasteiger partial charge in [0.05, 0.1) is 5.75 Å². The van der Waals surface area contributed by atoms with Crippen LogP contribution in [-0.2, 0) is 4.79 Å². The number of benzene rings is 2. The largest absolute Gasteiger partial charge is 0.335 e. The molecule has 0 aromatic heterocycles. The van der Waals surface area contributed by atoms with Crippen LogP contribution in [0.15, 0.2) is 47.4 Å². The minimum atomic E-state index is 0.305. The number of carbonyl (C=O) groups excluding carboxylic acids is 1. The Morgan fingerprint density at radius 2 is 1.91 bits per heavy atom. The fraction of sp³-hybridized carbons (Fsp3) is 0.421. The first kappa shape index (κ1) is 15.0. The summed E-state index contributed by atoms with van der Waals surface area (Å²) in [7, 11) is 0. The molecule has 4 heteroatoms. The number of amides is 1. The van der Waals surface area contributed by atoms with Gasteiger partial charge >= 0.3 is 0 Å². The SMILES string of the molecule is O=C(CSc1ccc2ccccc2c1)N1C2CCNCC1CC2. The molecule has 2 aromatic rings. The molecule has 2 aliphatic heterocycles. The second kappa shape index (κ2) is 6.54. The topological polar surface area (TPSA) is 32.3 Å². The van der Waals surface area contributed by atoms with E-state index >= 15 is 0 Å². The minimum Gasteiger partial charge on any atom is -0.335 e. The maximum Gasteiger partial charge on any atom is 0.233 e. The number of thioether (sulfide) groups is 1. The summed E-state index contributed by atoms with van der Waals surface area (Å²) in [5, 5.41) is 5.95. The molecule has 2 atom stereocenters. The van der Waals surface area contributed by atoms with Crippen molar-refractivity contribution >= 4 is 28.4 Å². The van der Waals surface area contributed by atoms with Crippen molar-refractivity contribution in [2.24, 2.45) is 0 Å². The van der Waals surface area contributed by atoms with Crippen molar-refractivity contribution in [2.45, 2.75) is 36.2 Å². The zero-order valence-electron chi connectivity index (χ0n) is 13.2. The molecule has 0 aliphatic carbocycles. The summed E-state index contributed by atoms with van der Waals surface area (Å²) in [5.41, 5.74) is 0. The van der Waals surface area contributed by atoms with Gasteiger partial charge in [-0.1, -0.05) is 30.3 Å². The van der Waals surface area contributed by atoms with E-state index in [2.05, 4.69) is 52.7 Å². The second-order valence-corrected chi connectivity index (χ2v) is 7.53. The van der Waals surface area contributed by atoms with Crippen LogP contribution in [0, 0.1) is 0 Å². The highest BCUT2D eigenvalue weighted by Crippen LogP contribution is 2.30. The molecule has 2 saturated heterocycles. The van der Waals surface area contributed by atoms with E-state index in [1.807, 2.05) is 0 Å². The molecule has 2 bridgehead atoms. The van der Waals surface area contributed by atoms with Crippen molar-refractivity contribution in [2.75, 3.05) is 18.8 Å². The molecule has 0 saturated carbocycles. The molecular formula is C19H22N2OS. The molecule has 2 aromatic carbocycles. The predicted molar refractivity (Wildman–Crippen MR) is 95.8 cm³/mol. The van der Waals surface area contributed by atoms with E-state index in [9.17, 15) is 4.79 Å². The van der Waals surface area contributed by atoms with E-state index < -0.39 is 0 Å². The highest BCUT2D eigenvalue weighted by Gasteiger charge is 2.37. The van der Waals surface area contributed by atoms with E-state index in [0.717, 1.165) is 25.9 Å². The average Bonchev–Trinajstić information content (AvgIpc) is 2.85. The first-order chi connectivity index (χ1) is 11.3. The highest BCUT2D eigenvalue weighted by atomic mass is 32.2. The quantitative estimate of drug-likeness (QED) is 0.879. The Morgan fingerprint density at radius 1 is 1.09 bits per heavy atom. The van der Waals surface area contributed by atoms with E-state index in [1.165, 1.54) is 22.1 Å². The molecule has 2 fully saturated rings. The smallest absolute Gasteiger partial charge is 0.233 e. The van der Waals surface area contributed by atoms with Gasteiger partial charge in [-0.3, -0.25) is 4.79 Å². The lowest BCUT2D eigenvalue weighted by Crippen LogP contribution is -2.43. The monoisotopic (exact) mass is 326 g/mol. The number of rotatable bonds is 3. The maximum absolute atomic E-state index is 12.7. The van der Waals surface area contributed by atoms with Crippen LogP contribution >= 0.6 is 11.8 Å². The van der Waals surface area contributed by atoms with Crippen LogP contribution in [0.1, 0.15) is 19.3 Å². The Labute approximate surface area is 141 Å². The third kappa shape index (κ3) is 3.10. The lowest BCUT2D eigenvalue weighted by molar-refractivity contribution is -0.130. The van der Waals surface area contributed by atoms with Gasteiger partial charge in [0.1, 0.15) is 0 Å². The van der Waals surface area contributed by atoms with Crippen molar-refractivity contribution in [3.63, 3.8) is 0 Å². The number of hydrogen-bond acceptors (Lipinski definition) is 3. The molecule has 4 rings (SSSR count). The van der Waals surface area contributed by atoms with Crippen LogP contribution in [0.3, 0.4) is 0 Å². The van der Waals surface area contributed by atoms with Gasteiger partial charge in [0.2, 0.25) is 5.91 Å². The average molecular weight is 326 g/mol. The summed E-state index contributed by atoms with van der Waals surface area (Å²) in [6.45, 7) is 2.01. The molecule has 2 aliphatic rings. The molecule has 1 amide bonds. The van der Waals surface area contributed by atoms with Gasteiger partial charge in [-0.15, -0.1) is 11.8 Å². The molecule has 3 nitrogen and oxygen atoms in total. The predicted octanol–water partition coefficient (Wildman–Crippen LogP) is 3.28. The summed E-state index contributed by atoms with van der Waals surface area (Å²) in [4.78, 5) is 16.1. The number of hydrogen-bond donors (Lipinski definition) is 1. The van der Waals surface area contributed by atoms with Crippen molar-refractivity contribution in [1.29, 1.82) is 0 Å². The molecule has 1 N–H and O–H groups in total. The van der Waals surface area contributed by atoms with Gasteiger partial charge in [-0.25, -0.2) is 0 Å². The van der Waals surface area contributed by atoms with Gasteiger partial charge < -0.3 is 10.2 Å². The Kier molecular flexibility index (Phi) is 4.27. The third-order valence-corrected chi connectivity index (χ3v) is 6.00. The Balaban J connectivity index is 1.44. The van der Waals surface area contributed by atoms with Crippen LogP contribution in [0.2, 0.25) is 0 Å². The molecule has 2 heterocycles. The number of fused-ring (bicyclic) bond motifs is 3. The highest BCUT2D eigenvalue weighted by molar-refractivity contribution is 8.00. The normalized spacial score (nSPS) is 23.9. The van der Waals surface area contributed by atoms with Gasteiger partial charge in [-0.05, 0) is 48.7 Å². The third-order valence-electron chi connectivity index (χ3n) is 5.03. The number of nitrogens with one attached hydrogen (secondary N) is 1. The summed E-state index contributed by atoms with van der Waals surface area (Å²) in [5.74, 6) is 0.852. The van der Waals surface area contributed by atoms with Crippen LogP contribution in [-0.4, -0.2) is 41.7 Å². The van der Waals surface area contributed by atoms with E-state index in [4.69, 9.17) is 0 Å². The van der Waals surface area contributed by atoms with E-state index in [0.29, 0.717) is 23.7 Å². The van der Waals surface area contributed by atoms with Gasteiger partial charge in [0.15, 0.2) is 0 Å². The maximum atomic E-state index is 12.7. The molecule has 2 unspecified atom stereocenters. The first-order valence-corrected chi connectivity index (χ1v) is 9.43. The van der Waals surface area contributed by atoms with E-state index in [-0.39, 0.29) is 0 Å². The van der Waals surface area contributed by atoms with Gasteiger partial charge in [0.25, 0.3) is 0 Å². The zero-order valence-corrected chi connectivity index (χ0v) is 14.0. The Morgan fingerprint density at radius 3 is 2.83 bits per heavy atom. The fourth-order valence-electron chi connectivity index (χ4n) is 3.87. The van der Waals surface area contributed by atoms with Crippen LogP contribution < -0.4 is 5.32 Å². The summed E-state index contributed by atoms with van der Waals surface area (Å²) in [6, 6.07) is 15.7. The molecule has 0 spiro atoms. The zero-order chi connectivity index (χ0) is 15.6. The first-order valence-electron chi connectivity index (χ1n) is 8.45. The van der Waals surface area contributed by atoms with Crippen LogP contribution in [0.5, 0.6) is 0 Å². The summed E-state index contributed by atoms with van der Waals surface area (Å²) in [6.07, 6.45) is 3.44. The lowest BCUT2D eigenvalue weighted by atomic mass is 10.1. The van der Waals surface area contributed by atoms with Crippen LogP contribution in [0.4, 0.5) is 0 Å². The second-order valence-electron chi connectivity index (χ2n) is 6.48. The summed E-state index contributed by atoms with van der Waals surface area (Å²) < 4.78 is 0. The Hall–Kier alpha value is -1.52. The summed E-state index contributed by atoms with van der Waals surface area (Å²) >= 11 is 1.66. The number of nitrogens with zero attached hydrogens (tertiary/aromatic N) is 1. The molecule has 23 heavy (non-hydrogen) atoms. The molecule has 0 radical (unpaired) electrons. The van der Waals surface area contributed by atoms with Crippen molar-refractivity contribution in [1.82, 2.24) is 10.2 Å². The van der Waals surface area contributed by atoms with Crippen molar-refractivity contribution in [3.05, 3.63) is 42.5 Å². The van der Waals surface area contributed by atoms with Gasteiger partial charge in [0, 0.05) is 23.5 Å². The number of carbonyl (C=O) groups is 1. The van der Waals surface area contributed by atoms with Crippen LogP contribution in [0.25, 0.3) is 10.8 Å². The molecular weight excluding hydrogens is 304 g/mol. The molecule has 120 valence electrons.